The molecule has 4 rings (SSSR count). The van der Waals surface area contributed by atoms with E-state index in [-0.39, 0.29) is 18.5 Å². The van der Waals surface area contributed by atoms with Crippen LogP contribution < -0.4 is 0 Å². The molecule has 2 heterocycles. The number of nitrogens with zero attached hydrogens (tertiary/aromatic N) is 4. The summed E-state index contributed by atoms with van der Waals surface area (Å²) >= 11 is 0. The van der Waals surface area contributed by atoms with E-state index >= 15 is 0 Å². The van der Waals surface area contributed by atoms with Crippen LogP contribution >= 0.6 is 0 Å². The molecule has 0 aliphatic carbocycles. The number of hydrogen-bond acceptors (Lipinski definition) is 4. The average Bonchev–Trinajstić information content (AvgIpc) is 3.26. The van der Waals surface area contributed by atoms with Gasteiger partial charge in [-0.1, -0.05) is 30.3 Å². The molecule has 172 valence electrons. The van der Waals surface area contributed by atoms with Crippen molar-refractivity contribution in [3.8, 4) is 16.9 Å². The number of aryl methyl sites for hydroxylation is 2. The largest absolute Gasteiger partial charge is 0.480 e. The van der Waals surface area contributed by atoms with Gasteiger partial charge >= 0.3 is 5.97 Å². The molecule has 1 aliphatic rings. The van der Waals surface area contributed by atoms with Gasteiger partial charge in [-0.3, -0.25) is 14.5 Å². The summed E-state index contributed by atoms with van der Waals surface area (Å²) in [6.07, 6.45) is 3.33. The molecule has 1 saturated heterocycles. The average molecular weight is 447 g/mol. The van der Waals surface area contributed by atoms with Crippen molar-refractivity contribution in [1.82, 2.24) is 19.6 Å². The van der Waals surface area contributed by atoms with Gasteiger partial charge in [0.25, 0.3) is 5.91 Å². The highest BCUT2D eigenvalue weighted by Gasteiger charge is 2.29. The maximum Gasteiger partial charge on any atom is 0.317 e. The summed E-state index contributed by atoms with van der Waals surface area (Å²) in [4.78, 5) is 28.4. The number of para-hydroxylation sites is 1. The van der Waals surface area contributed by atoms with Crippen molar-refractivity contribution in [1.29, 1.82) is 0 Å². The van der Waals surface area contributed by atoms with Gasteiger partial charge in [0.1, 0.15) is 5.69 Å². The number of aromatic nitrogens is 2. The molecule has 1 N–H and O–H groups in total. The highest BCUT2D eigenvalue weighted by atomic mass is 16.4. The Balaban J connectivity index is 1.62. The third kappa shape index (κ3) is 4.98. The molecule has 0 radical (unpaired) electrons. The van der Waals surface area contributed by atoms with Crippen LogP contribution in [0.15, 0.2) is 54.7 Å². The van der Waals surface area contributed by atoms with E-state index < -0.39 is 5.97 Å². The van der Waals surface area contributed by atoms with Crippen molar-refractivity contribution in [3.05, 3.63) is 71.4 Å². The van der Waals surface area contributed by atoms with E-state index in [0.29, 0.717) is 24.3 Å². The first-order valence-electron chi connectivity index (χ1n) is 11.3. The second-order valence-electron chi connectivity index (χ2n) is 8.80. The zero-order valence-electron chi connectivity index (χ0n) is 19.4. The fourth-order valence-corrected chi connectivity index (χ4v) is 4.37. The summed E-state index contributed by atoms with van der Waals surface area (Å²) < 4.78 is 1.77. The minimum Gasteiger partial charge on any atom is -0.480 e. The monoisotopic (exact) mass is 446 g/mol. The fourth-order valence-electron chi connectivity index (χ4n) is 4.37. The van der Waals surface area contributed by atoms with Gasteiger partial charge in [0.05, 0.1) is 17.8 Å². The normalized spacial score (nSPS) is 14.6. The molecular weight excluding hydrogens is 416 g/mol. The Morgan fingerprint density at radius 3 is 2.39 bits per heavy atom. The van der Waals surface area contributed by atoms with Crippen LogP contribution in [-0.2, 0) is 4.79 Å². The molecule has 1 aromatic heterocycles. The maximum atomic E-state index is 13.6. The number of rotatable bonds is 6. The zero-order valence-corrected chi connectivity index (χ0v) is 19.4. The molecule has 7 heteroatoms. The molecular formula is C26H30N4O3. The molecule has 1 aliphatic heterocycles. The van der Waals surface area contributed by atoms with Gasteiger partial charge in [-0.05, 0) is 63.1 Å². The number of benzene rings is 2. The van der Waals surface area contributed by atoms with Crippen LogP contribution in [0.4, 0.5) is 0 Å². The van der Waals surface area contributed by atoms with E-state index in [1.807, 2.05) is 59.4 Å². The SMILES string of the molecule is Cc1ccc(-c2nn(-c3ccccc3)cc2C(=O)N2CCC(N(C)CC(=O)O)CC2)cc1C. The first kappa shape index (κ1) is 22.7. The van der Waals surface area contributed by atoms with E-state index in [0.717, 1.165) is 29.7 Å². The van der Waals surface area contributed by atoms with Gasteiger partial charge in [0, 0.05) is 30.9 Å². The van der Waals surface area contributed by atoms with E-state index in [9.17, 15) is 9.59 Å². The van der Waals surface area contributed by atoms with Crippen molar-refractivity contribution in [2.45, 2.75) is 32.7 Å². The van der Waals surface area contributed by atoms with Crippen LogP contribution in [0.1, 0.15) is 34.3 Å². The Morgan fingerprint density at radius 1 is 1.06 bits per heavy atom. The van der Waals surface area contributed by atoms with Gasteiger partial charge in [-0.25, -0.2) is 4.68 Å². The lowest BCUT2D eigenvalue weighted by Gasteiger charge is -2.36. The molecule has 0 atom stereocenters. The van der Waals surface area contributed by atoms with E-state index in [4.69, 9.17) is 10.2 Å². The first-order chi connectivity index (χ1) is 15.8. The Morgan fingerprint density at radius 2 is 1.76 bits per heavy atom. The van der Waals surface area contributed by atoms with Crippen LogP contribution in [0, 0.1) is 13.8 Å². The number of amides is 1. The second kappa shape index (κ2) is 9.58. The molecule has 2 aromatic carbocycles. The summed E-state index contributed by atoms with van der Waals surface area (Å²) in [5.41, 5.74) is 5.43. The quantitative estimate of drug-likeness (QED) is 0.624. The predicted molar refractivity (Wildman–Crippen MR) is 128 cm³/mol. The number of piperidine rings is 1. The number of hydrogen-bond donors (Lipinski definition) is 1. The minimum absolute atomic E-state index is 0.0133. The van der Waals surface area contributed by atoms with Crippen LogP contribution in [0.25, 0.3) is 16.9 Å². The predicted octanol–water partition coefficient (Wildman–Crippen LogP) is 3.78. The van der Waals surface area contributed by atoms with Gasteiger partial charge in [-0.2, -0.15) is 5.10 Å². The van der Waals surface area contributed by atoms with Crippen molar-refractivity contribution in [2.75, 3.05) is 26.7 Å². The lowest BCUT2D eigenvalue weighted by atomic mass is 10.00. The van der Waals surface area contributed by atoms with E-state index in [2.05, 4.69) is 26.0 Å². The highest BCUT2D eigenvalue weighted by Crippen LogP contribution is 2.28. The van der Waals surface area contributed by atoms with Gasteiger partial charge in [0.2, 0.25) is 0 Å². The summed E-state index contributed by atoms with van der Waals surface area (Å²) in [6.45, 7) is 5.33. The van der Waals surface area contributed by atoms with E-state index in [1.54, 1.807) is 4.68 Å². The van der Waals surface area contributed by atoms with Gasteiger partial charge in [0.15, 0.2) is 0 Å². The van der Waals surface area contributed by atoms with Crippen LogP contribution in [0.3, 0.4) is 0 Å². The van der Waals surface area contributed by atoms with Crippen molar-refractivity contribution in [3.63, 3.8) is 0 Å². The highest BCUT2D eigenvalue weighted by molar-refractivity contribution is 6.00. The van der Waals surface area contributed by atoms with Crippen molar-refractivity contribution >= 4 is 11.9 Å². The molecule has 0 unspecified atom stereocenters. The number of aliphatic carboxylic acids is 1. The molecule has 7 nitrogen and oxygen atoms in total. The van der Waals surface area contributed by atoms with Crippen molar-refractivity contribution < 1.29 is 14.7 Å². The molecule has 33 heavy (non-hydrogen) atoms. The van der Waals surface area contributed by atoms with Crippen LogP contribution in [0.2, 0.25) is 0 Å². The Labute approximate surface area is 194 Å². The first-order valence-corrected chi connectivity index (χ1v) is 11.3. The number of carboxylic acids is 1. The maximum absolute atomic E-state index is 13.6. The number of likely N-dealkylation sites (N-methyl/N-ethyl adjacent to an activating group) is 1. The third-order valence-electron chi connectivity index (χ3n) is 6.51. The molecule has 1 amide bonds. The lowest BCUT2D eigenvalue weighted by molar-refractivity contribution is -0.138. The third-order valence-corrected chi connectivity index (χ3v) is 6.51. The molecule has 0 saturated carbocycles. The zero-order chi connectivity index (χ0) is 23.5. The molecule has 0 bridgehead atoms. The Hall–Kier alpha value is -3.45. The number of carbonyl (C=O) groups excluding carboxylic acids is 1. The molecule has 0 spiro atoms. The summed E-state index contributed by atoms with van der Waals surface area (Å²) in [5.74, 6) is -0.868. The number of carbonyl (C=O) groups is 2. The summed E-state index contributed by atoms with van der Waals surface area (Å²) in [6, 6.07) is 16.1. The van der Waals surface area contributed by atoms with Crippen LogP contribution in [-0.4, -0.2) is 69.3 Å². The second-order valence-corrected chi connectivity index (χ2v) is 8.80. The fraction of sp³-hybridized carbons (Fsp3) is 0.346. The Bertz CT molecular complexity index is 1150. The smallest absolute Gasteiger partial charge is 0.317 e. The van der Waals surface area contributed by atoms with Crippen LogP contribution in [0.5, 0.6) is 0 Å². The van der Waals surface area contributed by atoms with Gasteiger partial charge < -0.3 is 10.0 Å². The topological polar surface area (TPSA) is 78.7 Å². The Kier molecular flexibility index (Phi) is 6.60. The number of carboxylic acid groups (broad SMARTS) is 1. The summed E-state index contributed by atoms with van der Waals surface area (Å²) in [7, 11) is 1.83. The van der Waals surface area contributed by atoms with Gasteiger partial charge in [-0.15, -0.1) is 0 Å². The van der Waals surface area contributed by atoms with Crippen molar-refractivity contribution in [2.24, 2.45) is 0 Å². The van der Waals surface area contributed by atoms with E-state index in [1.165, 1.54) is 5.56 Å². The molecule has 1 fully saturated rings. The summed E-state index contributed by atoms with van der Waals surface area (Å²) in [5, 5.41) is 13.9. The lowest BCUT2D eigenvalue weighted by Crippen LogP contribution is -2.46. The number of likely N-dealkylation sites (tertiary alicyclic amines) is 1. The molecule has 3 aromatic rings. The minimum atomic E-state index is -0.831. The standard InChI is InChI=1S/C26H30N4O3/c1-18-9-10-20(15-19(18)2)25-23(16-30(27-25)22-7-5-4-6-8-22)26(33)29-13-11-21(12-14-29)28(3)17-24(31)32/h4-10,15-16,21H,11-14,17H2,1-3H3,(H,31,32).